The molecule has 2 heterocycles. The van der Waals surface area contributed by atoms with Gasteiger partial charge in [0.25, 0.3) is 0 Å². The number of nitrogens with one attached hydrogen (secondary N) is 1. The number of aromatic nitrogens is 2. The summed E-state index contributed by atoms with van der Waals surface area (Å²) in [6, 6.07) is 31.4. The normalized spacial score (nSPS) is 12.3. The van der Waals surface area contributed by atoms with Gasteiger partial charge in [-0.25, -0.2) is 0 Å². The number of ether oxygens (including phenoxy) is 1. The Morgan fingerprint density at radius 3 is 2.34 bits per heavy atom. The number of amides is 1. The van der Waals surface area contributed by atoms with Gasteiger partial charge >= 0.3 is 0 Å². The smallest absolute Gasteiger partial charge is 0.220 e. The van der Waals surface area contributed by atoms with Crippen molar-refractivity contribution in [3.8, 4) is 5.75 Å². The van der Waals surface area contributed by atoms with Crippen LogP contribution in [-0.4, -0.2) is 29.1 Å². The van der Waals surface area contributed by atoms with Gasteiger partial charge in [-0.2, -0.15) is 0 Å². The van der Waals surface area contributed by atoms with E-state index < -0.39 is 0 Å². The third kappa shape index (κ3) is 6.86. The molecule has 0 spiro atoms. The zero-order valence-electron chi connectivity index (χ0n) is 24.4. The lowest BCUT2D eigenvalue weighted by molar-refractivity contribution is -0.121. The van der Waals surface area contributed by atoms with Crippen LogP contribution in [0.3, 0.4) is 0 Å². The second-order valence-corrected chi connectivity index (χ2v) is 11.6. The van der Waals surface area contributed by atoms with Crippen molar-refractivity contribution in [3.05, 3.63) is 131 Å². The Balaban J connectivity index is 1.46. The number of rotatable bonds is 10. The standard InChI is InChI=1S/C36H39N3O2/c1-36(2,3)28-16-14-27(15-17-28)32(23-35(40)38-22-20-29-9-7-8-21-37-29)33-25-39(34-11-6-5-10-31(33)34)24-26-12-18-30(41-4)19-13-26/h5-19,21,25,32H,20,22-24H2,1-4H3,(H,38,40)/t32-/m1/s1. The van der Waals surface area contributed by atoms with E-state index in [1.165, 1.54) is 16.5 Å². The number of hydrogen-bond donors (Lipinski definition) is 1. The number of methoxy groups -OCH3 is 1. The number of hydrogen-bond acceptors (Lipinski definition) is 3. The number of benzene rings is 3. The fourth-order valence-corrected chi connectivity index (χ4v) is 5.37. The molecule has 1 N–H and O–H groups in total. The van der Waals surface area contributed by atoms with Crippen molar-refractivity contribution in [2.24, 2.45) is 0 Å². The first-order valence-electron chi connectivity index (χ1n) is 14.3. The van der Waals surface area contributed by atoms with Gasteiger partial charge < -0.3 is 14.6 Å². The maximum atomic E-state index is 13.4. The lowest BCUT2D eigenvalue weighted by Gasteiger charge is -2.22. The van der Waals surface area contributed by atoms with E-state index in [-0.39, 0.29) is 17.2 Å². The highest BCUT2D eigenvalue weighted by molar-refractivity contribution is 5.86. The van der Waals surface area contributed by atoms with Crippen molar-refractivity contribution >= 4 is 16.8 Å². The van der Waals surface area contributed by atoms with E-state index in [9.17, 15) is 4.79 Å². The molecule has 5 aromatic rings. The first kappa shape index (κ1) is 28.2. The first-order chi connectivity index (χ1) is 19.8. The van der Waals surface area contributed by atoms with E-state index in [1.807, 2.05) is 30.3 Å². The zero-order chi connectivity index (χ0) is 28.8. The fourth-order valence-electron chi connectivity index (χ4n) is 5.37. The lowest BCUT2D eigenvalue weighted by Crippen LogP contribution is -2.27. The van der Waals surface area contributed by atoms with Crippen molar-refractivity contribution in [1.29, 1.82) is 0 Å². The van der Waals surface area contributed by atoms with Crippen LogP contribution < -0.4 is 10.1 Å². The molecule has 0 bridgehead atoms. The molecule has 1 amide bonds. The van der Waals surface area contributed by atoms with Gasteiger partial charge in [-0.1, -0.05) is 81.4 Å². The molecular weight excluding hydrogens is 506 g/mol. The van der Waals surface area contributed by atoms with Crippen LogP contribution in [0, 0.1) is 0 Å². The monoisotopic (exact) mass is 545 g/mol. The maximum Gasteiger partial charge on any atom is 0.220 e. The Kier molecular flexibility index (Phi) is 8.53. The molecule has 1 atom stereocenters. The molecule has 210 valence electrons. The number of carbonyl (C=O) groups is 1. The molecule has 0 radical (unpaired) electrons. The summed E-state index contributed by atoms with van der Waals surface area (Å²) in [4.78, 5) is 17.7. The molecule has 5 rings (SSSR count). The van der Waals surface area contributed by atoms with Crippen LogP contribution in [0.2, 0.25) is 0 Å². The van der Waals surface area contributed by atoms with Crippen molar-refractivity contribution in [2.45, 2.75) is 51.5 Å². The molecule has 0 saturated heterocycles. The zero-order valence-corrected chi connectivity index (χ0v) is 24.4. The molecule has 3 aromatic carbocycles. The summed E-state index contributed by atoms with van der Waals surface area (Å²) >= 11 is 0. The van der Waals surface area contributed by atoms with E-state index in [2.05, 4.69) is 102 Å². The van der Waals surface area contributed by atoms with Crippen LogP contribution in [0.25, 0.3) is 10.9 Å². The summed E-state index contributed by atoms with van der Waals surface area (Å²) in [6.07, 6.45) is 5.10. The molecular formula is C36H39N3O2. The molecule has 5 heteroatoms. The maximum absolute atomic E-state index is 13.4. The summed E-state index contributed by atoms with van der Waals surface area (Å²) in [6.45, 7) is 7.96. The molecule has 0 unspecified atom stereocenters. The molecule has 0 aliphatic rings. The average molecular weight is 546 g/mol. The van der Waals surface area contributed by atoms with Crippen molar-refractivity contribution in [1.82, 2.24) is 14.9 Å². The van der Waals surface area contributed by atoms with Crippen LogP contribution >= 0.6 is 0 Å². The highest BCUT2D eigenvalue weighted by Crippen LogP contribution is 2.36. The third-order valence-corrected chi connectivity index (χ3v) is 7.70. The van der Waals surface area contributed by atoms with Crippen LogP contribution in [0.5, 0.6) is 5.75 Å². The van der Waals surface area contributed by atoms with E-state index in [0.29, 0.717) is 19.4 Å². The van der Waals surface area contributed by atoms with Gasteiger partial charge in [0, 0.05) is 60.8 Å². The van der Waals surface area contributed by atoms with Crippen molar-refractivity contribution in [2.75, 3.05) is 13.7 Å². The minimum atomic E-state index is -0.0825. The van der Waals surface area contributed by atoms with E-state index in [1.54, 1.807) is 13.3 Å². The van der Waals surface area contributed by atoms with Gasteiger partial charge in [-0.3, -0.25) is 9.78 Å². The van der Waals surface area contributed by atoms with E-state index in [4.69, 9.17) is 4.74 Å². The Morgan fingerprint density at radius 1 is 0.927 bits per heavy atom. The average Bonchev–Trinajstić information content (AvgIpc) is 3.34. The van der Waals surface area contributed by atoms with Crippen molar-refractivity contribution in [3.63, 3.8) is 0 Å². The Hall–Kier alpha value is -4.38. The molecule has 0 aliphatic heterocycles. The van der Waals surface area contributed by atoms with Gasteiger partial charge in [-0.15, -0.1) is 0 Å². The lowest BCUT2D eigenvalue weighted by atomic mass is 9.83. The van der Waals surface area contributed by atoms with Crippen molar-refractivity contribution < 1.29 is 9.53 Å². The Morgan fingerprint density at radius 2 is 1.66 bits per heavy atom. The topological polar surface area (TPSA) is 56.1 Å². The Bertz CT molecular complexity index is 1580. The summed E-state index contributed by atoms with van der Waals surface area (Å²) in [5.41, 5.74) is 6.97. The summed E-state index contributed by atoms with van der Waals surface area (Å²) < 4.78 is 7.64. The largest absolute Gasteiger partial charge is 0.497 e. The van der Waals surface area contributed by atoms with Gasteiger partial charge in [0.1, 0.15) is 5.75 Å². The number of nitrogens with zero attached hydrogens (tertiary/aromatic N) is 2. The molecule has 2 aromatic heterocycles. The molecule has 5 nitrogen and oxygen atoms in total. The van der Waals surface area contributed by atoms with Crippen LogP contribution in [-0.2, 0) is 23.2 Å². The van der Waals surface area contributed by atoms with E-state index in [0.717, 1.165) is 34.6 Å². The quantitative estimate of drug-likeness (QED) is 0.201. The second kappa shape index (κ2) is 12.4. The Labute approximate surface area is 243 Å². The molecule has 41 heavy (non-hydrogen) atoms. The highest BCUT2D eigenvalue weighted by atomic mass is 16.5. The summed E-state index contributed by atoms with van der Waals surface area (Å²) in [7, 11) is 1.68. The minimum absolute atomic E-state index is 0.0396. The number of carbonyl (C=O) groups excluding carboxylic acids is 1. The predicted octanol–water partition coefficient (Wildman–Crippen LogP) is 7.27. The van der Waals surface area contributed by atoms with Crippen LogP contribution in [0.1, 0.15) is 61.1 Å². The highest BCUT2D eigenvalue weighted by Gasteiger charge is 2.24. The number of fused-ring (bicyclic) bond motifs is 1. The molecule has 0 aliphatic carbocycles. The third-order valence-electron chi connectivity index (χ3n) is 7.70. The number of pyridine rings is 1. The fraction of sp³-hybridized carbons (Fsp3) is 0.278. The molecule has 0 saturated carbocycles. The second-order valence-electron chi connectivity index (χ2n) is 11.6. The molecule has 0 fully saturated rings. The van der Waals surface area contributed by atoms with E-state index >= 15 is 0 Å². The van der Waals surface area contributed by atoms with Crippen LogP contribution in [0.15, 0.2) is 103 Å². The minimum Gasteiger partial charge on any atom is -0.497 e. The van der Waals surface area contributed by atoms with Gasteiger partial charge in [0.2, 0.25) is 5.91 Å². The SMILES string of the molecule is COc1ccc(Cn2cc([C@H](CC(=O)NCCc3ccccn3)c3ccc(C(C)(C)C)cc3)c3ccccc32)cc1. The van der Waals surface area contributed by atoms with Gasteiger partial charge in [0.05, 0.1) is 7.11 Å². The summed E-state index contributed by atoms with van der Waals surface area (Å²) in [5, 5.41) is 4.32. The van der Waals surface area contributed by atoms with Crippen LogP contribution in [0.4, 0.5) is 0 Å². The van der Waals surface area contributed by atoms with Gasteiger partial charge in [-0.05, 0) is 58.0 Å². The summed E-state index contributed by atoms with van der Waals surface area (Å²) in [5.74, 6) is 0.804. The first-order valence-corrected chi connectivity index (χ1v) is 14.3. The predicted molar refractivity (Wildman–Crippen MR) is 167 cm³/mol. The number of para-hydroxylation sites is 1. The van der Waals surface area contributed by atoms with Gasteiger partial charge in [0.15, 0.2) is 0 Å².